The molecule has 0 amide bonds. The number of anilines is 1. The number of hydrogen-bond acceptors (Lipinski definition) is 4. The van der Waals surface area contributed by atoms with Crippen molar-refractivity contribution in [3.8, 4) is 0 Å². The lowest BCUT2D eigenvalue weighted by Crippen LogP contribution is -2.26. The molecule has 3 rings (SSSR count). The van der Waals surface area contributed by atoms with Crippen molar-refractivity contribution in [3.05, 3.63) is 16.7 Å². The Labute approximate surface area is 122 Å². The minimum Gasteiger partial charge on any atom is -0.355 e. The van der Waals surface area contributed by atoms with Crippen molar-refractivity contribution in [3.63, 3.8) is 0 Å². The average Bonchev–Trinajstić information content (AvgIpc) is 2.94. The summed E-state index contributed by atoms with van der Waals surface area (Å²) in [6, 6.07) is 2.01. The zero-order valence-electron chi connectivity index (χ0n) is 11.5. The second-order valence-corrected chi connectivity index (χ2v) is 7.50. The number of hydrogen-bond donors (Lipinski definition) is 0. The molecule has 1 atom stereocenters. The molecule has 0 bridgehead atoms. The first kappa shape index (κ1) is 13.1. The summed E-state index contributed by atoms with van der Waals surface area (Å²) in [7, 11) is 0. The van der Waals surface area contributed by atoms with Crippen molar-refractivity contribution in [2.24, 2.45) is 11.3 Å². The minimum absolute atomic E-state index is 0.347. The molecule has 0 N–H and O–H groups in total. The van der Waals surface area contributed by atoms with Crippen LogP contribution in [0.1, 0.15) is 27.2 Å². The van der Waals surface area contributed by atoms with E-state index >= 15 is 0 Å². The van der Waals surface area contributed by atoms with Gasteiger partial charge in [0.15, 0.2) is 5.82 Å². The molecule has 5 heteroatoms. The third-order valence-electron chi connectivity index (χ3n) is 3.97. The maximum absolute atomic E-state index is 6.04. The van der Waals surface area contributed by atoms with Gasteiger partial charge in [0.05, 0.1) is 10.2 Å². The molecule has 1 unspecified atom stereocenters. The van der Waals surface area contributed by atoms with Gasteiger partial charge in [-0.2, -0.15) is 4.98 Å². The predicted octanol–water partition coefficient (Wildman–Crippen LogP) is 4.22. The van der Waals surface area contributed by atoms with Gasteiger partial charge >= 0.3 is 0 Å². The molecule has 0 spiro atoms. The fourth-order valence-corrected chi connectivity index (χ4v) is 3.71. The van der Waals surface area contributed by atoms with Crippen molar-refractivity contribution in [2.75, 3.05) is 18.0 Å². The number of thiophene rings is 1. The zero-order chi connectivity index (χ0) is 13.6. The Balaban J connectivity index is 1.95. The molecule has 1 saturated heterocycles. The van der Waals surface area contributed by atoms with Gasteiger partial charge in [0.1, 0.15) is 0 Å². The SMILES string of the molecule is CC(C)(C)C1CCN(c2nc(Cl)nc3ccsc23)C1. The molecule has 19 heavy (non-hydrogen) atoms. The van der Waals surface area contributed by atoms with Gasteiger partial charge in [-0.1, -0.05) is 20.8 Å². The first-order valence-electron chi connectivity index (χ1n) is 6.61. The molecule has 3 nitrogen and oxygen atoms in total. The first-order valence-corrected chi connectivity index (χ1v) is 7.86. The van der Waals surface area contributed by atoms with Crippen LogP contribution in [0.25, 0.3) is 10.2 Å². The molecule has 2 aromatic rings. The van der Waals surface area contributed by atoms with Gasteiger partial charge in [-0.3, -0.25) is 0 Å². The standard InChI is InChI=1S/C14H18ClN3S/c1-14(2,3)9-4-6-18(8-9)12-11-10(5-7-19-11)16-13(15)17-12/h5,7,9H,4,6,8H2,1-3H3. The fraction of sp³-hybridized carbons (Fsp3) is 0.571. The van der Waals surface area contributed by atoms with Crippen LogP contribution in [-0.2, 0) is 0 Å². The lowest BCUT2D eigenvalue weighted by atomic mass is 9.80. The largest absolute Gasteiger partial charge is 0.355 e. The van der Waals surface area contributed by atoms with E-state index in [-0.39, 0.29) is 0 Å². The Morgan fingerprint density at radius 1 is 1.37 bits per heavy atom. The van der Waals surface area contributed by atoms with Crippen LogP contribution in [0, 0.1) is 11.3 Å². The number of aromatic nitrogens is 2. The van der Waals surface area contributed by atoms with Crippen LogP contribution in [0.2, 0.25) is 5.28 Å². The molecule has 1 aliphatic heterocycles. The van der Waals surface area contributed by atoms with Crippen molar-refractivity contribution < 1.29 is 0 Å². The summed E-state index contributed by atoms with van der Waals surface area (Å²) >= 11 is 7.73. The summed E-state index contributed by atoms with van der Waals surface area (Å²) in [6.45, 7) is 9.06. The van der Waals surface area contributed by atoms with E-state index in [1.165, 1.54) is 6.42 Å². The highest BCUT2D eigenvalue weighted by Gasteiger charge is 2.33. The Bertz CT molecular complexity index is 602. The quantitative estimate of drug-likeness (QED) is 0.738. The molecule has 1 aliphatic rings. The van der Waals surface area contributed by atoms with E-state index in [0.29, 0.717) is 16.6 Å². The third kappa shape index (κ3) is 2.43. The number of nitrogens with zero attached hydrogens (tertiary/aromatic N) is 3. The maximum Gasteiger partial charge on any atom is 0.224 e. The van der Waals surface area contributed by atoms with Gasteiger partial charge in [0.25, 0.3) is 0 Å². The summed E-state index contributed by atoms with van der Waals surface area (Å²) in [5.41, 5.74) is 1.30. The van der Waals surface area contributed by atoms with Crippen molar-refractivity contribution in [1.82, 2.24) is 9.97 Å². The van der Waals surface area contributed by atoms with Gasteiger partial charge in [0, 0.05) is 13.1 Å². The number of halogens is 1. The predicted molar refractivity (Wildman–Crippen MR) is 82.2 cm³/mol. The maximum atomic E-state index is 6.04. The van der Waals surface area contributed by atoms with Crippen LogP contribution >= 0.6 is 22.9 Å². The van der Waals surface area contributed by atoms with E-state index in [1.54, 1.807) is 11.3 Å². The molecular formula is C14H18ClN3S. The van der Waals surface area contributed by atoms with E-state index in [1.807, 2.05) is 6.07 Å². The van der Waals surface area contributed by atoms with Crippen LogP contribution in [0.3, 0.4) is 0 Å². The van der Waals surface area contributed by atoms with Gasteiger partial charge < -0.3 is 4.90 Å². The molecule has 0 aliphatic carbocycles. The monoisotopic (exact) mass is 295 g/mol. The van der Waals surface area contributed by atoms with E-state index in [9.17, 15) is 0 Å². The summed E-state index contributed by atoms with van der Waals surface area (Å²) in [6.07, 6.45) is 1.22. The normalized spacial score (nSPS) is 20.4. The molecule has 0 saturated carbocycles. The van der Waals surface area contributed by atoms with Crippen LogP contribution in [-0.4, -0.2) is 23.1 Å². The van der Waals surface area contributed by atoms with Gasteiger partial charge in [-0.15, -0.1) is 11.3 Å². The molecule has 2 aromatic heterocycles. The highest BCUT2D eigenvalue weighted by molar-refractivity contribution is 7.17. The second-order valence-electron chi connectivity index (χ2n) is 6.25. The Hall–Kier alpha value is -0.870. The fourth-order valence-electron chi connectivity index (χ4n) is 2.69. The smallest absolute Gasteiger partial charge is 0.224 e. The van der Waals surface area contributed by atoms with E-state index < -0.39 is 0 Å². The highest BCUT2D eigenvalue weighted by atomic mass is 35.5. The summed E-state index contributed by atoms with van der Waals surface area (Å²) in [5, 5.41) is 2.40. The molecule has 0 aromatic carbocycles. The lowest BCUT2D eigenvalue weighted by molar-refractivity contribution is 0.263. The molecular weight excluding hydrogens is 278 g/mol. The first-order chi connectivity index (χ1) is 8.95. The average molecular weight is 296 g/mol. The van der Waals surface area contributed by atoms with Crippen LogP contribution in [0.4, 0.5) is 5.82 Å². The molecule has 102 valence electrons. The molecule has 0 radical (unpaired) electrons. The van der Waals surface area contributed by atoms with Gasteiger partial charge in [0.2, 0.25) is 5.28 Å². The van der Waals surface area contributed by atoms with E-state index in [0.717, 1.165) is 29.1 Å². The highest BCUT2D eigenvalue weighted by Crippen LogP contribution is 2.38. The lowest BCUT2D eigenvalue weighted by Gasteiger charge is -2.27. The van der Waals surface area contributed by atoms with Crippen LogP contribution in [0.5, 0.6) is 0 Å². The summed E-state index contributed by atoms with van der Waals surface area (Å²) in [4.78, 5) is 11.1. The second kappa shape index (κ2) is 4.60. The van der Waals surface area contributed by atoms with Crippen molar-refractivity contribution in [1.29, 1.82) is 0 Å². The number of fused-ring (bicyclic) bond motifs is 1. The van der Waals surface area contributed by atoms with Crippen molar-refractivity contribution >= 4 is 39.0 Å². The Morgan fingerprint density at radius 3 is 2.84 bits per heavy atom. The zero-order valence-corrected chi connectivity index (χ0v) is 13.1. The third-order valence-corrected chi connectivity index (χ3v) is 5.04. The molecule has 3 heterocycles. The van der Waals surface area contributed by atoms with Crippen molar-refractivity contribution in [2.45, 2.75) is 27.2 Å². The topological polar surface area (TPSA) is 29.0 Å². The van der Waals surface area contributed by atoms with Crippen LogP contribution < -0.4 is 4.90 Å². The van der Waals surface area contributed by atoms with Crippen LogP contribution in [0.15, 0.2) is 11.4 Å². The summed E-state index contributed by atoms with van der Waals surface area (Å²) < 4.78 is 1.15. The number of rotatable bonds is 1. The van der Waals surface area contributed by atoms with Gasteiger partial charge in [-0.05, 0) is 40.8 Å². The molecule has 1 fully saturated rings. The van der Waals surface area contributed by atoms with E-state index in [4.69, 9.17) is 11.6 Å². The van der Waals surface area contributed by atoms with E-state index in [2.05, 4.69) is 41.0 Å². The van der Waals surface area contributed by atoms with Gasteiger partial charge in [-0.25, -0.2) is 4.98 Å². The Kier molecular flexibility index (Phi) is 3.18. The minimum atomic E-state index is 0.347. The summed E-state index contributed by atoms with van der Waals surface area (Å²) in [5.74, 6) is 1.72. The Morgan fingerprint density at radius 2 is 2.16 bits per heavy atom.